The van der Waals surface area contributed by atoms with Gasteiger partial charge >= 0.3 is 0 Å². The zero-order valence-corrected chi connectivity index (χ0v) is 21.4. The van der Waals surface area contributed by atoms with Crippen LogP contribution in [0.4, 0.5) is 0 Å². The SMILES string of the molecule is CC(C)(C)c1ccc(C(C)(C)C)c(O)c1.CC(C)(C)c1cccc(C(C)(C)C)c1O. The van der Waals surface area contributed by atoms with E-state index in [1.807, 2.05) is 30.3 Å². The normalized spacial score (nSPS) is 12.9. The largest absolute Gasteiger partial charge is 0.508 e. The summed E-state index contributed by atoms with van der Waals surface area (Å²) in [4.78, 5) is 0. The van der Waals surface area contributed by atoms with Crippen molar-refractivity contribution in [2.24, 2.45) is 0 Å². The van der Waals surface area contributed by atoms with E-state index in [9.17, 15) is 10.2 Å². The van der Waals surface area contributed by atoms with Crippen molar-refractivity contribution in [2.45, 2.75) is 105 Å². The number of benzene rings is 2. The summed E-state index contributed by atoms with van der Waals surface area (Å²) in [6.45, 7) is 25.5. The maximum atomic E-state index is 10.3. The molecule has 0 atom stereocenters. The number of aromatic hydroxyl groups is 2. The van der Waals surface area contributed by atoms with Gasteiger partial charge in [0.1, 0.15) is 11.5 Å². The van der Waals surface area contributed by atoms with E-state index in [-0.39, 0.29) is 21.7 Å². The molecule has 2 heteroatoms. The monoisotopic (exact) mass is 412 g/mol. The van der Waals surface area contributed by atoms with E-state index >= 15 is 0 Å². The Kier molecular flexibility index (Phi) is 7.52. The Balaban J connectivity index is 0.000000300. The molecule has 0 amide bonds. The van der Waals surface area contributed by atoms with E-state index in [1.54, 1.807) is 0 Å². The van der Waals surface area contributed by atoms with Crippen molar-refractivity contribution in [1.29, 1.82) is 0 Å². The summed E-state index contributed by atoms with van der Waals surface area (Å²) in [5, 5.41) is 20.3. The number of hydrogen-bond acceptors (Lipinski definition) is 2. The highest BCUT2D eigenvalue weighted by Crippen LogP contribution is 2.38. The molecule has 0 fully saturated rings. The van der Waals surface area contributed by atoms with Crippen LogP contribution in [0.1, 0.15) is 105 Å². The molecule has 0 saturated heterocycles. The predicted molar refractivity (Wildman–Crippen MR) is 131 cm³/mol. The van der Waals surface area contributed by atoms with E-state index in [2.05, 4.69) is 89.2 Å². The minimum atomic E-state index is -0.00859. The Morgan fingerprint density at radius 2 is 0.900 bits per heavy atom. The van der Waals surface area contributed by atoms with Crippen molar-refractivity contribution in [3.8, 4) is 11.5 Å². The van der Waals surface area contributed by atoms with Crippen LogP contribution in [0.25, 0.3) is 0 Å². The van der Waals surface area contributed by atoms with Gasteiger partial charge in [-0.3, -0.25) is 0 Å². The highest BCUT2D eigenvalue weighted by molar-refractivity contribution is 5.47. The van der Waals surface area contributed by atoms with Gasteiger partial charge in [-0.2, -0.15) is 0 Å². The summed E-state index contributed by atoms with van der Waals surface area (Å²) in [7, 11) is 0. The average molecular weight is 413 g/mol. The number of rotatable bonds is 0. The van der Waals surface area contributed by atoms with Crippen LogP contribution in [0.15, 0.2) is 36.4 Å². The molecule has 2 nitrogen and oxygen atoms in total. The van der Waals surface area contributed by atoms with Crippen LogP contribution in [0.5, 0.6) is 11.5 Å². The van der Waals surface area contributed by atoms with Gasteiger partial charge in [0.05, 0.1) is 0 Å². The Morgan fingerprint density at radius 1 is 0.500 bits per heavy atom. The lowest BCUT2D eigenvalue weighted by Gasteiger charge is -2.26. The third-order valence-electron chi connectivity index (χ3n) is 5.32. The van der Waals surface area contributed by atoms with E-state index in [4.69, 9.17) is 0 Å². The molecule has 2 rings (SSSR count). The molecule has 2 aromatic rings. The summed E-state index contributed by atoms with van der Waals surface area (Å²) in [6, 6.07) is 12.1. The van der Waals surface area contributed by atoms with Crippen LogP contribution in [0.2, 0.25) is 0 Å². The number of para-hydroxylation sites is 1. The van der Waals surface area contributed by atoms with Crippen molar-refractivity contribution in [1.82, 2.24) is 0 Å². The van der Waals surface area contributed by atoms with Gasteiger partial charge in [-0.05, 0) is 50.0 Å². The molecule has 0 saturated carbocycles. The Bertz CT molecular complexity index is 816. The Hall–Kier alpha value is -1.96. The second kappa shape index (κ2) is 8.65. The number of phenolic OH excluding ortho intramolecular Hbond substituents is 2. The molecular formula is C28H44O2. The topological polar surface area (TPSA) is 40.5 Å². The molecule has 0 aliphatic rings. The molecule has 2 N–H and O–H groups in total. The average Bonchev–Trinajstić information content (AvgIpc) is 2.51. The highest BCUT2D eigenvalue weighted by atomic mass is 16.3. The molecule has 0 aliphatic heterocycles. The third kappa shape index (κ3) is 6.79. The fourth-order valence-corrected chi connectivity index (χ4v) is 3.39. The lowest BCUT2D eigenvalue weighted by Crippen LogP contribution is -2.16. The highest BCUT2D eigenvalue weighted by Gasteiger charge is 2.24. The van der Waals surface area contributed by atoms with Crippen LogP contribution < -0.4 is 0 Å². The first kappa shape index (κ1) is 26.1. The zero-order chi connectivity index (χ0) is 23.7. The molecule has 0 aromatic heterocycles. The first-order valence-electron chi connectivity index (χ1n) is 10.9. The van der Waals surface area contributed by atoms with Gasteiger partial charge in [0.25, 0.3) is 0 Å². The smallest absolute Gasteiger partial charge is 0.123 e. The number of hydrogen-bond donors (Lipinski definition) is 2. The Labute approximate surface area is 185 Å². The molecule has 0 bridgehead atoms. The van der Waals surface area contributed by atoms with Gasteiger partial charge in [-0.1, -0.05) is 113 Å². The lowest BCUT2D eigenvalue weighted by molar-refractivity contribution is 0.423. The van der Waals surface area contributed by atoms with Crippen LogP contribution in [-0.2, 0) is 21.7 Å². The predicted octanol–water partition coefficient (Wildman–Crippen LogP) is 7.97. The van der Waals surface area contributed by atoms with Crippen LogP contribution in [0.3, 0.4) is 0 Å². The van der Waals surface area contributed by atoms with Gasteiger partial charge in [0, 0.05) is 0 Å². The molecule has 168 valence electrons. The van der Waals surface area contributed by atoms with Gasteiger partial charge in [-0.25, -0.2) is 0 Å². The summed E-state index contributed by atoms with van der Waals surface area (Å²) in [5.74, 6) is 0.868. The molecule has 2 aromatic carbocycles. The first-order valence-corrected chi connectivity index (χ1v) is 10.9. The van der Waals surface area contributed by atoms with E-state index in [0.29, 0.717) is 11.5 Å². The van der Waals surface area contributed by atoms with Crippen molar-refractivity contribution in [2.75, 3.05) is 0 Å². The molecule has 0 heterocycles. The molecule has 0 radical (unpaired) electrons. The minimum absolute atomic E-state index is 0.000494. The van der Waals surface area contributed by atoms with Crippen molar-refractivity contribution in [3.63, 3.8) is 0 Å². The van der Waals surface area contributed by atoms with Crippen molar-refractivity contribution in [3.05, 3.63) is 58.7 Å². The van der Waals surface area contributed by atoms with Crippen LogP contribution >= 0.6 is 0 Å². The van der Waals surface area contributed by atoms with Crippen LogP contribution in [-0.4, -0.2) is 10.2 Å². The maximum absolute atomic E-state index is 10.3. The van der Waals surface area contributed by atoms with Gasteiger partial charge in [-0.15, -0.1) is 0 Å². The summed E-state index contributed by atoms with van der Waals surface area (Å²) >= 11 is 0. The summed E-state index contributed by atoms with van der Waals surface area (Å²) in [5.41, 5.74) is 4.30. The second-order valence-corrected chi connectivity index (χ2v) is 12.4. The van der Waals surface area contributed by atoms with E-state index < -0.39 is 0 Å². The fourth-order valence-electron chi connectivity index (χ4n) is 3.39. The van der Waals surface area contributed by atoms with Gasteiger partial charge in [0.2, 0.25) is 0 Å². The maximum Gasteiger partial charge on any atom is 0.123 e. The van der Waals surface area contributed by atoms with E-state index in [1.165, 1.54) is 5.56 Å². The molecule has 30 heavy (non-hydrogen) atoms. The summed E-state index contributed by atoms with van der Waals surface area (Å²) < 4.78 is 0. The fraction of sp³-hybridized carbons (Fsp3) is 0.571. The third-order valence-corrected chi connectivity index (χ3v) is 5.32. The molecule has 0 aliphatic carbocycles. The Morgan fingerprint density at radius 3 is 1.20 bits per heavy atom. The van der Waals surface area contributed by atoms with Crippen molar-refractivity contribution >= 4 is 0 Å². The lowest BCUT2D eigenvalue weighted by atomic mass is 9.80. The zero-order valence-electron chi connectivity index (χ0n) is 21.4. The standard InChI is InChI=1S/2C14H22O/c1-13(2,3)10-7-8-11(12(15)9-10)14(4,5)6;1-13(2,3)10-8-7-9-11(12(10)15)14(4,5)6/h2*7-9,15H,1-6H3. The molecule has 0 unspecified atom stereocenters. The minimum Gasteiger partial charge on any atom is -0.508 e. The first-order chi connectivity index (χ1) is 13.3. The summed E-state index contributed by atoms with van der Waals surface area (Å²) in [6.07, 6.45) is 0. The number of phenols is 2. The second-order valence-electron chi connectivity index (χ2n) is 12.4. The van der Waals surface area contributed by atoms with Gasteiger partial charge < -0.3 is 10.2 Å². The van der Waals surface area contributed by atoms with Gasteiger partial charge in [0.15, 0.2) is 0 Å². The van der Waals surface area contributed by atoms with Crippen molar-refractivity contribution < 1.29 is 10.2 Å². The molecular weight excluding hydrogens is 368 g/mol. The quantitative estimate of drug-likeness (QED) is 0.460. The van der Waals surface area contributed by atoms with E-state index in [0.717, 1.165) is 16.7 Å². The molecule has 0 spiro atoms. The van der Waals surface area contributed by atoms with Crippen LogP contribution in [0, 0.1) is 0 Å².